The standard InChI is InChI=1S/C33H44O6.C32H42O8.C31H42O5/c1-18-16-31(8)28(38-29(36)23-13-11-10-12-14-23)26-32(9,27(35)21(4)25(20(18)3)30(31,6)7)19(2)15-24-33(26,17-37-24)39-22(5)34;1-17-15-32(36)26(39-27(34)21-12-10-9-11-13-21)24-30(7,25(33)20(4)23(19(17)3)29(32,5)6)18(2)14-22-31(24,16-38-22)40-28(35)37-8;1-17-15-29(7)26(36-27(33)21-12-10-9-11-13-21)24-30(8,18(2)14-22-31(24,34)16-35-22)25(32)20(4)23(19(17)3)28(29,5)6/h10-14,18-19,21,24,26,28H,15-17H2,1-9H3;9-13,17-18,20,22,24,26,36H,14-16H2,1-8H3;9-13,17-18,20,22,24,26,34H,14-16H2,1-8H3/t18-,19-,21+,24?,26?,28-,31-,32+,33-;17-,18-,20+,22?,24?,26?,30+,31-,32+;17-,18-,20+,22?,24?,26-,29-,30+,31-/m000/s1. The molecule has 9 aliphatic carbocycles. The Balaban J connectivity index is 0.000000150. The minimum Gasteiger partial charge on any atom is -0.458 e. The first-order valence-electron chi connectivity index (χ1n) is 42.3. The molecular weight excluding hydrogens is 1460 g/mol. The van der Waals surface area contributed by atoms with Crippen molar-refractivity contribution in [1.29, 1.82) is 0 Å². The SMILES string of the molecule is CC(=O)O[C@@]12COC1C[C@H](C)[C@@]1(C)C(=O)[C@H](C)C3=C(C)[C@@H](C)C[C@@](C)([C@@H](OC(=O)c4ccccc4)C21)C3(C)C.CC1=C2[C@@H](C)C(=O)[C@@]3(C)C([C@H](OC(=O)c4ccccc4)[C@](C)(C[C@@H]1C)C2(C)C)[C@]1(O)COC1C[C@@H]3C.COC(=O)O[C@@]12COC1C[C@H](C)[C@@]1(C)C(=O)[C@H](C)C3=C(C)[C@@H](C)C[C@@](O)(C(OC(=O)c4ccccc4)C21)C3(C)C. The smallest absolute Gasteiger partial charge is 0.458 e. The van der Waals surface area contributed by atoms with Crippen LogP contribution in [0.15, 0.2) is 124 Å². The molecule has 19 heteroatoms. The van der Waals surface area contributed by atoms with Gasteiger partial charge in [-0.1, -0.05) is 227 Å². The van der Waals surface area contributed by atoms with Crippen molar-refractivity contribution >= 4 is 47.4 Å². The van der Waals surface area contributed by atoms with Gasteiger partial charge in [-0.25, -0.2) is 19.2 Å². The predicted octanol–water partition coefficient (Wildman–Crippen LogP) is 16.9. The second-order valence-corrected chi connectivity index (χ2v) is 40.2. The summed E-state index contributed by atoms with van der Waals surface area (Å²) in [7, 11) is 1.23. The number of rotatable bonds is 8. The van der Waals surface area contributed by atoms with E-state index in [1.165, 1.54) is 30.8 Å². The molecule has 12 aliphatic rings. The number of benzene rings is 3. The quantitative estimate of drug-likeness (QED) is 0.121. The van der Waals surface area contributed by atoms with Gasteiger partial charge in [0.25, 0.3) is 0 Å². The minimum atomic E-state index is -1.59. The van der Waals surface area contributed by atoms with Gasteiger partial charge in [0.1, 0.15) is 59.1 Å². The number of Topliss-reactive ketones (excluding diaryl/α,β-unsaturated/α-hetero) is 3. The summed E-state index contributed by atoms with van der Waals surface area (Å²) in [6.45, 7) is 49.9. The molecule has 7 unspecified atom stereocenters. The van der Waals surface area contributed by atoms with Crippen LogP contribution in [-0.4, -0.2) is 144 Å². The normalized spacial score (nSPS) is 43.3. The lowest BCUT2D eigenvalue weighted by molar-refractivity contribution is -0.337. The van der Waals surface area contributed by atoms with Crippen LogP contribution in [0, 0.1) is 114 Å². The fourth-order valence-electron chi connectivity index (χ4n) is 26.4. The summed E-state index contributed by atoms with van der Waals surface area (Å²) in [6.07, 6.45) is -1.09. The molecule has 0 aromatic heterocycles. The van der Waals surface area contributed by atoms with Crippen molar-refractivity contribution in [3.63, 3.8) is 0 Å². The van der Waals surface area contributed by atoms with Crippen LogP contribution in [0.3, 0.4) is 0 Å². The lowest BCUT2D eigenvalue weighted by atomic mass is 9.39. The molecule has 3 aliphatic heterocycles. The van der Waals surface area contributed by atoms with E-state index in [-0.39, 0.29) is 96.7 Å². The van der Waals surface area contributed by atoms with Gasteiger partial charge in [-0.3, -0.25) is 19.2 Å². The monoisotopic (exact) mass is 1580 g/mol. The van der Waals surface area contributed by atoms with E-state index >= 15 is 0 Å². The number of carbonyl (C=O) groups excluding carboxylic acids is 8. The van der Waals surface area contributed by atoms with E-state index in [4.69, 9.17) is 42.6 Å². The largest absolute Gasteiger partial charge is 0.508 e. The number of aliphatic hydroxyl groups is 2. The molecule has 9 fully saturated rings. The maximum absolute atomic E-state index is 14.9. The Hall–Kier alpha value is -7.16. The molecule has 19 nitrogen and oxygen atoms in total. The number of ether oxygens (including phenoxy) is 9. The predicted molar refractivity (Wildman–Crippen MR) is 432 cm³/mol. The highest BCUT2D eigenvalue weighted by molar-refractivity contribution is 5.95. The molecule has 6 bridgehead atoms. The molecule has 0 spiro atoms. The van der Waals surface area contributed by atoms with Crippen molar-refractivity contribution in [2.24, 2.45) is 114 Å². The number of methoxy groups -OCH3 is 1. The molecule has 115 heavy (non-hydrogen) atoms. The molecule has 626 valence electrons. The van der Waals surface area contributed by atoms with Crippen LogP contribution < -0.4 is 0 Å². The second-order valence-electron chi connectivity index (χ2n) is 40.2. The molecule has 0 amide bonds. The number of fused-ring (bicyclic) bond motifs is 15. The maximum Gasteiger partial charge on any atom is 0.508 e. The fourth-order valence-corrected chi connectivity index (χ4v) is 26.4. The Kier molecular flexibility index (Phi) is 21.7. The van der Waals surface area contributed by atoms with Crippen LogP contribution in [-0.2, 0) is 61.8 Å². The van der Waals surface area contributed by atoms with Crippen LogP contribution in [0.1, 0.15) is 236 Å². The summed E-state index contributed by atoms with van der Waals surface area (Å²) in [4.78, 5) is 111. The van der Waals surface area contributed by atoms with E-state index in [0.717, 1.165) is 29.6 Å². The molecule has 0 radical (unpaired) electrons. The van der Waals surface area contributed by atoms with Crippen molar-refractivity contribution in [3.05, 3.63) is 141 Å². The topological polar surface area (TPSA) is 260 Å². The number of hydrogen-bond acceptors (Lipinski definition) is 19. The number of esters is 4. The van der Waals surface area contributed by atoms with Gasteiger partial charge in [0.2, 0.25) is 0 Å². The van der Waals surface area contributed by atoms with Crippen LogP contribution in [0.5, 0.6) is 0 Å². The molecule has 3 aromatic carbocycles. The second kappa shape index (κ2) is 29.1. The van der Waals surface area contributed by atoms with Gasteiger partial charge >= 0.3 is 30.0 Å². The van der Waals surface area contributed by atoms with Crippen LogP contribution in [0.25, 0.3) is 0 Å². The van der Waals surface area contributed by atoms with E-state index in [1.54, 1.807) is 54.6 Å². The molecule has 27 atom stereocenters. The average Bonchev–Trinajstić information content (AvgIpc) is 0.678. The van der Waals surface area contributed by atoms with Crippen molar-refractivity contribution in [2.75, 3.05) is 26.9 Å². The van der Waals surface area contributed by atoms with Gasteiger partial charge < -0.3 is 52.8 Å². The Morgan fingerprint density at radius 1 is 0.409 bits per heavy atom. The average molecular weight is 1590 g/mol. The Morgan fingerprint density at radius 3 is 1.06 bits per heavy atom. The lowest BCUT2D eigenvalue weighted by Gasteiger charge is -2.69. The zero-order valence-corrected chi connectivity index (χ0v) is 72.8. The third-order valence-electron chi connectivity index (χ3n) is 34.2. The highest BCUT2D eigenvalue weighted by atomic mass is 16.8. The molecule has 2 N–H and O–H groups in total. The Morgan fingerprint density at radius 2 is 0.722 bits per heavy atom. The molecule has 3 heterocycles. The van der Waals surface area contributed by atoms with Crippen LogP contribution in [0.2, 0.25) is 0 Å². The third-order valence-corrected chi connectivity index (χ3v) is 34.2. The van der Waals surface area contributed by atoms with Crippen molar-refractivity contribution in [3.8, 4) is 0 Å². The minimum absolute atomic E-state index is 0.00851. The van der Waals surface area contributed by atoms with Gasteiger partial charge in [0.05, 0.1) is 61.6 Å². The number of allylic oxidation sites excluding steroid dienone is 5. The van der Waals surface area contributed by atoms with E-state index in [1.807, 2.05) is 98.7 Å². The highest BCUT2D eigenvalue weighted by Crippen LogP contribution is 2.73. The summed E-state index contributed by atoms with van der Waals surface area (Å²) in [5.41, 5.74) is -2.78. The van der Waals surface area contributed by atoms with Gasteiger partial charge in [-0.05, 0) is 142 Å². The summed E-state index contributed by atoms with van der Waals surface area (Å²) < 4.78 is 54.8. The van der Waals surface area contributed by atoms with Crippen LogP contribution in [0.4, 0.5) is 4.79 Å². The van der Waals surface area contributed by atoms with Crippen molar-refractivity contribution < 1.29 is 91.2 Å². The van der Waals surface area contributed by atoms with Crippen LogP contribution >= 0.6 is 0 Å². The fraction of sp³-hybridized carbons (Fsp3) is 0.667. The molecule has 3 saturated heterocycles. The van der Waals surface area contributed by atoms with Crippen molar-refractivity contribution in [1.82, 2.24) is 0 Å². The van der Waals surface area contributed by atoms with E-state index in [9.17, 15) is 48.6 Å². The van der Waals surface area contributed by atoms with Gasteiger partial charge in [-0.2, -0.15) is 0 Å². The molecule has 3 aromatic rings. The number of carbonyl (C=O) groups is 8. The first-order chi connectivity index (χ1) is 53.5. The van der Waals surface area contributed by atoms with E-state index < -0.39 is 144 Å². The zero-order chi connectivity index (χ0) is 84.5. The van der Waals surface area contributed by atoms with Gasteiger partial charge in [-0.15, -0.1) is 0 Å². The first kappa shape index (κ1) is 85.7. The van der Waals surface area contributed by atoms with Gasteiger partial charge in [0.15, 0.2) is 11.2 Å². The van der Waals surface area contributed by atoms with Crippen molar-refractivity contribution in [2.45, 2.75) is 264 Å². The summed E-state index contributed by atoms with van der Waals surface area (Å²) in [5, 5.41) is 25.2. The summed E-state index contributed by atoms with van der Waals surface area (Å²) >= 11 is 0. The van der Waals surface area contributed by atoms with Gasteiger partial charge in [0, 0.05) is 63.1 Å². The molecule has 15 rings (SSSR count). The summed E-state index contributed by atoms with van der Waals surface area (Å²) in [6, 6.07) is 26.7. The van der Waals surface area contributed by atoms with E-state index in [2.05, 4.69) is 96.9 Å². The Bertz CT molecular complexity index is 4500. The highest BCUT2D eigenvalue weighted by Gasteiger charge is 2.80. The molecule has 6 saturated carbocycles. The number of ketones is 3. The number of hydrogen-bond donors (Lipinski definition) is 2. The maximum atomic E-state index is 14.9. The zero-order valence-electron chi connectivity index (χ0n) is 72.8. The Labute approximate surface area is 681 Å². The first-order valence-corrected chi connectivity index (χ1v) is 42.3. The molecular formula is C96H128O19. The lowest BCUT2D eigenvalue weighted by Crippen LogP contribution is -2.80. The van der Waals surface area contributed by atoms with E-state index in [0.29, 0.717) is 42.4 Å². The third kappa shape index (κ3) is 12.2. The summed E-state index contributed by atoms with van der Waals surface area (Å²) in [5.74, 6) is -4.60.